The minimum atomic E-state index is 0.338. The van der Waals surface area contributed by atoms with Crippen LogP contribution in [-0.2, 0) is 0 Å². The van der Waals surface area contributed by atoms with Gasteiger partial charge in [0.25, 0.3) is 0 Å². The van der Waals surface area contributed by atoms with Crippen LogP contribution in [0.1, 0.15) is 30.0 Å². The topological polar surface area (TPSA) is 33.7 Å². The summed E-state index contributed by atoms with van der Waals surface area (Å²) in [5, 5.41) is 3.62. The molecule has 1 aliphatic heterocycles. The van der Waals surface area contributed by atoms with Crippen molar-refractivity contribution in [1.29, 1.82) is 0 Å². The summed E-state index contributed by atoms with van der Waals surface area (Å²) in [6.45, 7) is 3.47. The molecule has 104 valence electrons. The molecule has 1 unspecified atom stereocenters. The van der Waals surface area contributed by atoms with Gasteiger partial charge < -0.3 is 19.7 Å². The van der Waals surface area contributed by atoms with Crippen LogP contribution in [0.15, 0.2) is 12.1 Å². The minimum Gasteiger partial charge on any atom is -0.454 e. The van der Waals surface area contributed by atoms with Gasteiger partial charge >= 0.3 is 0 Å². The van der Waals surface area contributed by atoms with E-state index in [2.05, 4.69) is 43.4 Å². The van der Waals surface area contributed by atoms with Gasteiger partial charge in [-0.2, -0.15) is 0 Å². The summed E-state index contributed by atoms with van der Waals surface area (Å²) in [6.07, 6.45) is 2.64. The van der Waals surface area contributed by atoms with Gasteiger partial charge in [-0.1, -0.05) is 0 Å². The number of fused-ring (bicyclic) bond motifs is 1. The Kier molecular flexibility index (Phi) is 3.37. The zero-order chi connectivity index (χ0) is 13.4. The Labute approximate surface area is 114 Å². The van der Waals surface area contributed by atoms with Crippen LogP contribution in [0.25, 0.3) is 0 Å². The average Bonchev–Trinajstić information content (AvgIpc) is 3.07. The van der Waals surface area contributed by atoms with Crippen molar-refractivity contribution in [1.82, 2.24) is 10.2 Å². The maximum absolute atomic E-state index is 5.50. The second-order valence-electron chi connectivity index (χ2n) is 5.72. The normalized spacial score (nSPS) is 18.9. The molecule has 0 bridgehead atoms. The van der Waals surface area contributed by atoms with E-state index in [1.807, 2.05) is 0 Å². The van der Waals surface area contributed by atoms with Crippen LogP contribution < -0.4 is 14.8 Å². The Morgan fingerprint density at radius 2 is 1.95 bits per heavy atom. The predicted molar refractivity (Wildman–Crippen MR) is 74.8 cm³/mol. The van der Waals surface area contributed by atoms with Crippen LogP contribution in [0.4, 0.5) is 0 Å². The Balaban J connectivity index is 1.83. The molecule has 1 fully saturated rings. The Bertz CT molecular complexity index is 469. The molecule has 1 heterocycles. The minimum absolute atomic E-state index is 0.338. The molecule has 0 aromatic heterocycles. The molecule has 1 aromatic carbocycles. The van der Waals surface area contributed by atoms with Crippen LogP contribution in [0, 0.1) is 6.92 Å². The molecule has 0 radical (unpaired) electrons. The largest absolute Gasteiger partial charge is 0.454 e. The van der Waals surface area contributed by atoms with E-state index in [1.54, 1.807) is 0 Å². The first-order valence-electron chi connectivity index (χ1n) is 6.95. The van der Waals surface area contributed by atoms with Crippen molar-refractivity contribution in [2.24, 2.45) is 0 Å². The van der Waals surface area contributed by atoms with E-state index in [0.29, 0.717) is 12.8 Å². The van der Waals surface area contributed by atoms with Crippen molar-refractivity contribution in [3.63, 3.8) is 0 Å². The van der Waals surface area contributed by atoms with Crippen LogP contribution in [-0.4, -0.2) is 38.4 Å². The fourth-order valence-electron chi connectivity index (χ4n) is 2.55. The zero-order valence-corrected chi connectivity index (χ0v) is 11.9. The number of rotatable bonds is 5. The van der Waals surface area contributed by atoms with Crippen molar-refractivity contribution in [2.45, 2.75) is 31.8 Å². The first kappa shape index (κ1) is 12.8. The van der Waals surface area contributed by atoms with Crippen LogP contribution in [0.3, 0.4) is 0 Å². The lowest BCUT2D eigenvalue weighted by atomic mass is 9.99. The van der Waals surface area contributed by atoms with E-state index in [1.165, 1.54) is 24.0 Å². The molecule has 1 N–H and O–H groups in total. The molecular weight excluding hydrogens is 240 g/mol. The lowest BCUT2D eigenvalue weighted by Gasteiger charge is -2.27. The predicted octanol–water partition coefficient (Wildman–Crippen LogP) is 2.08. The Morgan fingerprint density at radius 1 is 1.26 bits per heavy atom. The molecule has 4 nitrogen and oxygen atoms in total. The summed E-state index contributed by atoms with van der Waals surface area (Å²) in [6, 6.07) is 5.33. The molecule has 1 aromatic rings. The number of nitrogens with zero attached hydrogens (tertiary/aromatic N) is 1. The first-order chi connectivity index (χ1) is 9.15. The summed E-state index contributed by atoms with van der Waals surface area (Å²) in [7, 11) is 4.26. The number of hydrogen-bond acceptors (Lipinski definition) is 4. The molecule has 1 atom stereocenters. The maximum Gasteiger partial charge on any atom is 0.231 e. The highest BCUT2D eigenvalue weighted by Gasteiger charge is 2.25. The number of aryl methyl sites for hydroxylation is 1. The molecule has 1 aliphatic carbocycles. The van der Waals surface area contributed by atoms with E-state index in [9.17, 15) is 0 Å². The highest BCUT2D eigenvalue weighted by atomic mass is 16.7. The third-order valence-corrected chi connectivity index (χ3v) is 3.92. The standard InChI is InChI=1S/C15H22N2O2/c1-10-6-14-15(19-9-18-14)7-12(10)13(17(2)3)8-16-11-4-5-11/h6-7,11,13,16H,4-5,8-9H2,1-3H3. The second kappa shape index (κ2) is 5.02. The molecule has 4 heteroatoms. The van der Waals surface area contributed by atoms with Gasteiger partial charge in [0.05, 0.1) is 0 Å². The average molecular weight is 262 g/mol. The summed E-state index contributed by atoms with van der Waals surface area (Å²) >= 11 is 0. The van der Waals surface area contributed by atoms with Gasteiger partial charge in [-0.15, -0.1) is 0 Å². The molecule has 1 saturated carbocycles. The lowest BCUT2D eigenvalue weighted by Crippen LogP contribution is -2.32. The van der Waals surface area contributed by atoms with E-state index in [4.69, 9.17) is 9.47 Å². The van der Waals surface area contributed by atoms with Crippen molar-refractivity contribution < 1.29 is 9.47 Å². The molecule has 3 rings (SSSR count). The third kappa shape index (κ3) is 2.69. The number of benzene rings is 1. The summed E-state index contributed by atoms with van der Waals surface area (Å²) in [5.41, 5.74) is 2.59. The second-order valence-corrected chi connectivity index (χ2v) is 5.72. The van der Waals surface area contributed by atoms with E-state index >= 15 is 0 Å². The van der Waals surface area contributed by atoms with Gasteiger partial charge in [0, 0.05) is 18.6 Å². The third-order valence-electron chi connectivity index (χ3n) is 3.92. The molecule has 19 heavy (non-hydrogen) atoms. The van der Waals surface area contributed by atoms with Crippen LogP contribution in [0.2, 0.25) is 0 Å². The molecule has 2 aliphatic rings. The molecule has 0 saturated heterocycles. The van der Waals surface area contributed by atoms with Gasteiger partial charge in [0.1, 0.15) is 0 Å². The van der Waals surface area contributed by atoms with Gasteiger partial charge in [0.15, 0.2) is 11.5 Å². The fourth-order valence-corrected chi connectivity index (χ4v) is 2.55. The van der Waals surface area contributed by atoms with E-state index in [0.717, 1.165) is 24.1 Å². The number of ether oxygens (including phenoxy) is 2. The van der Waals surface area contributed by atoms with Gasteiger partial charge in [-0.25, -0.2) is 0 Å². The maximum atomic E-state index is 5.50. The van der Waals surface area contributed by atoms with Gasteiger partial charge in [0.2, 0.25) is 6.79 Å². The first-order valence-corrected chi connectivity index (χ1v) is 6.95. The lowest BCUT2D eigenvalue weighted by molar-refractivity contribution is 0.174. The van der Waals surface area contributed by atoms with Crippen molar-refractivity contribution in [3.05, 3.63) is 23.3 Å². The molecule has 0 amide bonds. The summed E-state index contributed by atoms with van der Waals surface area (Å²) < 4.78 is 10.9. The number of likely N-dealkylation sites (N-methyl/N-ethyl adjacent to an activating group) is 1. The summed E-state index contributed by atoms with van der Waals surface area (Å²) in [4.78, 5) is 2.26. The van der Waals surface area contributed by atoms with Crippen LogP contribution in [0.5, 0.6) is 11.5 Å². The zero-order valence-electron chi connectivity index (χ0n) is 11.9. The van der Waals surface area contributed by atoms with Gasteiger partial charge in [-0.3, -0.25) is 0 Å². The summed E-state index contributed by atoms with van der Waals surface area (Å²) in [5.74, 6) is 1.74. The van der Waals surface area contributed by atoms with Crippen molar-refractivity contribution in [2.75, 3.05) is 27.4 Å². The quantitative estimate of drug-likeness (QED) is 0.881. The monoisotopic (exact) mass is 262 g/mol. The molecular formula is C15H22N2O2. The Morgan fingerprint density at radius 3 is 2.58 bits per heavy atom. The SMILES string of the molecule is Cc1cc2c(cc1C(CNC1CC1)N(C)C)OCO2. The highest BCUT2D eigenvalue weighted by Crippen LogP contribution is 2.37. The van der Waals surface area contributed by atoms with Crippen LogP contribution >= 0.6 is 0 Å². The van der Waals surface area contributed by atoms with E-state index < -0.39 is 0 Å². The van der Waals surface area contributed by atoms with Crippen molar-refractivity contribution in [3.8, 4) is 11.5 Å². The molecule has 0 spiro atoms. The highest BCUT2D eigenvalue weighted by molar-refractivity contribution is 5.49. The van der Waals surface area contributed by atoms with Gasteiger partial charge in [-0.05, 0) is 57.1 Å². The number of nitrogens with one attached hydrogen (secondary N) is 1. The fraction of sp³-hybridized carbons (Fsp3) is 0.600. The van der Waals surface area contributed by atoms with Crippen molar-refractivity contribution >= 4 is 0 Å². The number of hydrogen-bond donors (Lipinski definition) is 1. The van der Waals surface area contributed by atoms with E-state index in [-0.39, 0.29) is 0 Å². The smallest absolute Gasteiger partial charge is 0.231 e. The Hall–Kier alpha value is -1.26.